The molecule has 49 heavy (non-hydrogen) atoms. The molecule has 1 aliphatic carbocycles. The minimum atomic E-state index is -0.432. The van der Waals surface area contributed by atoms with E-state index < -0.39 is 12.2 Å². The van der Waals surface area contributed by atoms with Crippen LogP contribution in [0.25, 0.3) is 11.0 Å². The van der Waals surface area contributed by atoms with E-state index in [4.69, 9.17) is 14.6 Å². The van der Waals surface area contributed by atoms with Gasteiger partial charge in [-0.25, -0.2) is 30.3 Å². The number of hydroxylamine groups is 1. The summed E-state index contributed by atoms with van der Waals surface area (Å²) >= 11 is 0. The summed E-state index contributed by atoms with van der Waals surface area (Å²) in [6, 6.07) is 3.79. The van der Waals surface area contributed by atoms with Crippen molar-refractivity contribution in [2.75, 3.05) is 48.9 Å². The third-order valence-electron chi connectivity index (χ3n) is 9.11. The van der Waals surface area contributed by atoms with E-state index in [0.717, 1.165) is 50.6 Å². The molecule has 5 heterocycles. The molecule has 0 radical (unpaired) electrons. The Morgan fingerprint density at radius 1 is 0.959 bits per heavy atom. The monoisotopic (exact) mass is 670 g/mol. The summed E-state index contributed by atoms with van der Waals surface area (Å²) in [7, 11) is 3.85. The molecule has 6 rings (SSSR count). The Balaban J connectivity index is 1.06. The minimum absolute atomic E-state index is 0.00238. The van der Waals surface area contributed by atoms with Gasteiger partial charge < -0.3 is 19.9 Å². The van der Waals surface area contributed by atoms with Crippen LogP contribution in [0.1, 0.15) is 84.2 Å². The Kier molecular flexibility index (Phi) is 10.4. The largest absolute Gasteiger partial charge is 0.372 e. The molecule has 258 valence electrons. The van der Waals surface area contributed by atoms with E-state index in [9.17, 15) is 14.4 Å². The van der Waals surface area contributed by atoms with Crippen LogP contribution in [0.3, 0.4) is 0 Å². The second-order valence-corrected chi connectivity index (χ2v) is 12.6. The molecule has 1 aliphatic heterocycles. The highest BCUT2D eigenvalue weighted by Crippen LogP contribution is 2.32. The van der Waals surface area contributed by atoms with Crippen LogP contribution >= 0.6 is 0 Å². The van der Waals surface area contributed by atoms with Crippen LogP contribution in [0, 0.1) is 6.92 Å². The molecule has 2 aliphatic rings. The number of ketones is 1. The van der Waals surface area contributed by atoms with E-state index in [-0.39, 0.29) is 22.9 Å². The van der Waals surface area contributed by atoms with Gasteiger partial charge in [-0.15, -0.1) is 0 Å². The Labute approximate surface area is 284 Å². The summed E-state index contributed by atoms with van der Waals surface area (Å²) in [4.78, 5) is 70.1. The molecular weight excluding hydrogens is 628 g/mol. The van der Waals surface area contributed by atoms with Gasteiger partial charge in [-0.1, -0.05) is 12.8 Å². The molecule has 0 bridgehead atoms. The van der Waals surface area contributed by atoms with Gasteiger partial charge in [-0.05, 0) is 57.2 Å². The number of ether oxygens (including phenoxy) is 1. The number of hydrogen-bond acceptors (Lipinski definition) is 13. The van der Waals surface area contributed by atoms with Gasteiger partial charge in [-0.3, -0.25) is 19.0 Å². The minimum Gasteiger partial charge on any atom is -0.372 e. The van der Waals surface area contributed by atoms with Gasteiger partial charge in [0.25, 0.3) is 11.5 Å². The number of Topliss-reactive ketones (excluding diaryl/α,β-unsaturated/α-hetero) is 1. The molecule has 1 saturated heterocycles. The van der Waals surface area contributed by atoms with Gasteiger partial charge in [-0.2, -0.15) is 4.98 Å². The maximum atomic E-state index is 13.5. The maximum Gasteiger partial charge on any atom is 0.278 e. The third-order valence-corrected chi connectivity index (χ3v) is 9.11. The van der Waals surface area contributed by atoms with Gasteiger partial charge >= 0.3 is 0 Å². The van der Waals surface area contributed by atoms with Gasteiger partial charge in [0.2, 0.25) is 11.9 Å². The van der Waals surface area contributed by atoms with Crippen LogP contribution in [0.2, 0.25) is 0 Å². The predicted molar refractivity (Wildman–Crippen MR) is 184 cm³/mol. The fraction of sp³-hybridized carbons (Fsp3) is 0.471. The van der Waals surface area contributed by atoms with Crippen LogP contribution in [0.15, 0.2) is 41.7 Å². The lowest BCUT2D eigenvalue weighted by molar-refractivity contribution is -0.186. The molecule has 0 spiro atoms. The molecule has 15 heteroatoms. The number of nitrogens with one attached hydrogen (secondary N) is 2. The van der Waals surface area contributed by atoms with E-state index >= 15 is 0 Å². The molecule has 1 unspecified atom stereocenters. The van der Waals surface area contributed by atoms with Gasteiger partial charge in [0.05, 0.1) is 23.0 Å². The third kappa shape index (κ3) is 7.67. The standard InChI is InChI=1S/C34H42N10O5/c1-21-26-20-36-33(40-30(26)44(24-9-5-6-10-24)32(47)29(21)22(2)45)39-27-13-12-25(19-35-27)42(3)14-15-43(4)34-37-17-23(18-38-34)31(46)41-49-28-11-7-8-16-48-28/h12-13,17-20,24,28H,5-11,14-16H2,1-4H3,(H,41,46)(H,35,36,39,40). The zero-order chi connectivity index (χ0) is 34.5. The number of hydrogen-bond donors (Lipinski definition) is 2. The molecular formula is C34H42N10O5. The molecule has 1 amide bonds. The van der Waals surface area contributed by atoms with Crippen LogP contribution in [0.5, 0.6) is 0 Å². The van der Waals surface area contributed by atoms with Crippen LogP contribution < -0.4 is 26.2 Å². The zero-order valence-corrected chi connectivity index (χ0v) is 28.3. The van der Waals surface area contributed by atoms with Crippen molar-refractivity contribution in [1.82, 2.24) is 35.0 Å². The lowest BCUT2D eigenvalue weighted by Gasteiger charge is -2.24. The molecule has 2 N–H and O–H groups in total. The number of aromatic nitrogens is 6. The highest BCUT2D eigenvalue weighted by atomic mass is 16.8. The first-order valence-corrected chi connectivity index (χ1v) is 16.7. The summed E-state index contributed by atoms with van der Waals surface area (Å²) < 4.78 is 7.16. The number of nitrogens with zero attached hydrogens (tertiary/aromatic N) is 8. The second-order valence-electron chi connectivity index (χ2n) is 12.6. The van der Waals surface area contributed by atoms with E-state index in [0.29, 0.717) is 59.6 Å². The first kappa shape index (κ1) is 33.9. The molecule has 1 atom stereocenters. The van der Waals surface area contributed by atoms with E-state index in [2.05, 4.69) is 35.6 Å². The van der Waals surface area contributed by atoms with Crippen molar-refractivity contribution in [2.24, 2.45) is 0 Å². The van der Waals surface area contributed by atoms with Crippen LogP contribution in [0.4, 0.5) is 23.4 Å². The Hall–Kier alpha value is -5.02. The normalized spacial score (nSPS) is 16.4. The highest BCUT2D eigenvalue weighted by molar-refractivity contribution is 5.99. The smallest absolute Gasteiger partial charge is 0.278 e. The number of rotatable bonds is 12. The predicted octanol–water partition coefficient (Wildman–Crippen LogP) is 4.11. The van der Waals surface area contributed by atoms with Crippen molar-refractivity contribution in [3.8, 4) is 0 Å². The lowest BCUT2D eigenvalue weighted by Crippen LogP contribution is -2.33. The van der Waals surface area contributed by atoms with E-state index in [1.54, 1.807) is 23.9 Å². The van der Waals surface area contributed by atoms with Crippen molar-refractivity contribution < 1.29 is 19.2 Å². The molecule has 4 aromatic rings. The van der Waals surface area contributed by atoms with Crippen molar-refractivity contribution in [1.29, 1.82) is 0 Å². The number of likely N-dealkylation sites (N-methyl/N-ethyl adjacent to an activating group) is 2. The summed E-state index contributed by atoms with van der Waals surface area (Å²) in [6.07, 6.45) is 12.5. The number of anilines is 4. The van der Waals surface area contributed by atoms with Crippen LogP contribution in [-0.4, -0.2) is 81.3 Å². The summed E-state index contributed by atoms with van der Waals surface area (Å²) in [5.74, 6) is 0.677. The van der Waals surface area contributed by atoms with E-state index in [1.165, 1.54) is 19.3 Å². The summed E-state index contributed by atoms with van der Waals surface area (Å²) in [5.41, 5.74) is 4.66. The summed E-state index contributed by atoms with van der Waals surface area (Å²) in [5, 5.41) is 3.86. The lowest BCUT2D eigenvalue weighted by atomic mass is 10.0. The highest BCUT2D eigenvalue weighted by Gasteiger charge is 2.26. The number of carbonyl (C=O) groups is 2. The van der Waals surface area contributed by atoms with E-state index in [1.807, 2.05) is 31.1 Å². The number of amides is 1. The van der Waals surface area contributed by atoms with Gasteiger partial charge in [0, 0.05) is 70.2 Å². The first-order chi connectivity index (χ1) is 23.7. The molecule has 2 fully saturated rings. The fourth-order valence-electron chi connectivity index (χ4n) is 6.26. The molecule has 4 aromatic heterocycles. The number of aryl methyl sites for hydroxylation is 1. The molecule has 1 saturated carbocycles. The Morgan fingerprint density at radius 2 is 1.69 bits per heavy atom. The first-order valence-electron chi connectivity index (χ1n) is 16.7. The fourth-order valence-corrected chi connectivity index (χ4v) is 6.26. The topological polar surface area (TPSA) is 170 Å². The van der Waals surface area contributed by atoms with Gasteiger partial charge in [0.15, 0.2) is 12.1 Å². The quantitative estimate of drug-likeness (QED) is 0.163. The number of fused-ring (bicyclic) bond motifs is 1. The van der Waals surface area contributed by atoms with Crippen molar-refractivity contribution in [3.05, 3.63) is 64.0 Å². The van der Waals surface area contributed by atoms with Gasteiger partial charge in [0.1, 0.15) is 11.5 Å². The average Bonchev–Trinajstić information content (AvgIpc) is 3.64. The van der Waals surface area contributed by atoms with Crippen LogP contribution in [-0.2, 0) is 9.57 Å². The summed E-state index contributed by atoms with van der Waals surface area (Å²) in [6.45, 7) is 5.10. The van der Waals surface area contributed by atoms with Crippen molar-refractivity contribution >= 4 is 46.1 Å². The number of carbonyl (C=O) groups excluding carboxylic acids is 2. The second kappa shape index (κ2) is 15.0. The van der Waals surface area contributed by atoms with Crippen molar-refractivity contribution in [2.45, 2.75) is 71.1 Å². The number of pyridine rings is 2. The average molecular weight is 671 g/mol. The Morgan fingerprint density at radius 3 is 2.37 bits per heavy atom. The zero-order valence-electron chi connectivity index (χ0n) is 28.3. The Bertz CT molecular complexity index is 1850. The maximum absolute atomic E-state index is 13.5. The van der Waals surface area contributed by atoms with Crippen molar-refractivity contribution in [3.63, 3.8) is 0 Å². The molecule has 15 nitrogen and oxygen atoms in total. The molecule has 0 aromatic carbocycles. The SMILES string of the molecule is CC(=O)c1c(C)c2cnc(Nc3ccc(N(C)CCN(C)c4ncc(C(=O)NOC5CCCCO5)cn4)cn3)nc2n(C2CCCC2)c1=O.